The van der Waals surface area contributed by atoms with Crippen molar-refractivity contribution in [2.24, 2.45) is 0 Å². The van der Waals surface area contributed by atoms with E-state index in [9.17, 15) is 0 Å². The molecule has 0 radical (unpaired) electrons. The zero-order chi connectivity index (χ0) is 15.5. The fourth-order valence-electron chi connectivity index (χ4n) is 2.99. The Hall–Kier alpha value is -1.23. The first kappa shape index (κ1) is 15.7. The zero-order valence-electron chi connectivity index (χ0n) is 13.7. The first-order valence-electron chi connectivity index (χ1n) is 8.02. The molecule has 3 rings (SSSR count). The average molecular weight is 315 g/mol. The van der Waals surface area contributed by atoms with Gasteiger partial charge in [0, 0.05) is 44.6 Å². The van der Waals surface area contributed by atoms with Crippen LogP contribution >= 0.6 is 11.3 Å². The maximum atomic E-state index is 4.49. The molecule has 118 valence electrons. The standard InChI is InChI=1S/C18H25N3S/c1-14(2)20(3)11-16-8-19-9-17-12-21(6-4-18(16)17)10-15-5-7-22-13-15/h5,7-9,13-14H,4,6,10-12H2,1-3H3. The Labute approximate surface area is 137 Å². The van der Waals surface area contributed by atoms with E-state index in [4.69, 9.17) is 0 Å². The van der Waals surface area contributed by atoms with Crippen LogP contribution in [0.25, 0.3) is 0 Å². The van der Waals surface area contributed by atoms with Gasteiger partial charge in [-0.25, -0.2) is 0 Å². The highest BCUT2D eigenvalue weighted by Crippen LogP contribution is 2.24. The molecule has 3 heterocycles. The van der Waals surface area contributed by atoms with Crippen LogP contribution in [-0.2, 0) is 26.1 Å². The molecule has 0 aliphatic carbocycles. The first-order valence-corrected chi connectivity index (χ1v) is 8.96. The molecule has 22 heavy (non-hydrogen) atoms. The van der Waals surface area contributed by atoms with Gasteiger partial charge in [-0.3, -0.25) is 14.8 Å². The van der Waals surface area contributed by atoms with Crippen molar-refractivity contribution in [1.82, 2.24) is 14.8 Å². The lowest BCUT2D eigenvalue weighted by atomic mass is 9.96. The van der Waals surface area contributed by atoms with Crippen molar-refractivity contribution in [2.75, 3.05) is 13.6 Å². The monoisotopic (exact) mass is 315 g/mol. The largest absolute Gasteiger partial charge is 0.300 e. The minimum absolute atomic E-state index is 0.564. The van der Waals surface area contributed by atoms with Crippen molar-refractivity contribution in [2.45, 2.75) is 45.9 Å². The lowest BCUT2D eigenvalue weighted by Gasteiger charge is -2.31. The third-order valence-corrected chi connectivity index (χ3v) is 5.33. The Morgan fingerprint density at radius 1 is 1.36 bits per heavy atom. The molecule has 1 aliphatic heterocycles. The van der Waals surface area contributed by atoms with Crippen LogP contribution in [0.1, 0.15) is 36.1 Å². The predicted octanol–water partition coefficient (Wildman–Crippen LogP) is 3.54. The van der Waals surface area contributed by atoms with Crippen molar-refractivity contribution < 1.29 is 0 Å². The van der Waals surface area contributed by atoms with Gasteiger partial charge in [-0.15, -0.1) is 0 Å². The molecule has 0 spiro atoms. The van der Waals surface area contributed by atoms with Crippen LogP contribution in [0.3, 0.4) is 0 Å². The normalized spacial score (nSPS) is 15.5. The molecule has 1 aliphatic rings. The van der Waals surface area contributed by atoms with Crippen LogP contribution < -0.4 is 0 Å². The molecule has 0 saturated carbocycles. The summed E-state index contributed by atoms with van der Waals surface area (Å²) in [5.41, 5.74) is 5.78. The maximum absolute atomic E-state index is 4.49. The van der Waals surface area contributed by atoms with E-state index in [0.29, 0.717) is 6.04 Å². The molecule has 2 aromatic heterocycles. The molecular formula is C18H25N3S. The smallest absolute Gasteiger partial charge is 0.0315 e. The summed E-state index contributed by atoms with van der Waals surface area (Å²) in [6, 6.07) is 2.79. The fraction of sp³-hybridized carbons (Fsp3) is 0.500. The zero-order valence-corrected chi connectivity index (χ0v) is 14.6. The minimum Gasteiger partial charge on any atom is -0.300 e. The maximum Gasteiger partial charge on any atom is 0.0315 e. The van der Waals surface area contributed by atoms with Gasteiger partial charge < -0.3 is 0 Å². The van der Waals surface area contributed by atoms with Crippen molar-refractivity contribution in [3.05, 3.63) is 51.5 Å². The van der Waals surface area contributed by atoms with Crippen molar-refractivity contribution >= 4 is 11.3 Å². The van der Waals surface area contributed by atoms with E-state index in [0.717, 1.165) is 32.6 Å². The Balaban J connectivity index is 1.72. The molecule has 0 bridgehead atoms. The highest BCUT2D eigenvalue weighted by atomic mass is 32.1. The van der Waals surface area contributed by atoms with Crippen LogP contribution in [0.15, 0.2) is 29.2 Å². The number of thiophene rings is 1. The molecule has 0 amide bonds. The minimum atomic E-state index is 0.564. The molecule has 0 N–H and O–H groups in total. The summed E-state index contributed by atoms with van der Waals surface area (Å²) in [6.07, 6.45) is 5.27. The number of nitrogens with zero attached hydrogens (tertiary/aromatic N) is 3. The lowest BCUT2D eigenvalue weighted by Crippen LogP contribution is -2.32. The third kappa shape index (κ3) is 3.57. The Morgan fingerprint density at radius 2 is 2.23 bits per heavy atom. The van der Waals surface area contributed by atoms with Gasteiger partial charge in [-0.2, -0.15) is 11.3 Å². The van der Waals surface area contributed by atoms with Gasteiger partial charge >= 0.3 is 0 Å². The second-order valence-corrected chi connectivity index (χ2v) is 7.32. The third-order valence-electron chi connectivity index (χ3n) is 4.60. The molecule has 3 nitrogen and oxygen atoms in total. The van der Waals surface area contributed by atoms with Gasteiger partial charge in [-0.05, 0) is 66.4 Å². The molecule has 4 heteroatoms. The predicted molar refractivity (Wildman–Crippen MR) is 93.0 cm³/mol. The van der Waals surface area contributed by atoms with E-state index in [1.54, 1.807) is 11.3 Å². The van der Waals surface area contributed by atoms with E-state index in [-0.39, 0.29) is 0 Å². The number of hydrogen-bond donors (Lipinski definition) is 0. The van der Waals surface area contributed by atoms with Gasteiger partial charge in [0.1, 0.15) is 0 Å². The molecule has 0 aromatic carbocycles. The SMILES string of the molecule is CC(C)N(C)Cc1cncc2c1CCN(Cc1ccsc1)C2. The summed E-state index contributed by atoms with van der Waals surface area (Å²) in [5, 5.41) is 4.41. The topological polar surface area (TPSA) is 19.4 Å². The second-order valence-electron chi connectivity index (χ2n) is 6.54. The van der Waals surface area contributed by atoms with Gasteiger partial charge in [-0.1, -0.05) is 0 Å². The molecule has 2 aromatic rings. The molecular weight excluding hydrogens is 290 g/mol. The molecule has 0 saturated heterocycles. The van der Waals surface area contributed by atoms with E-state index < -0.39 is 0 Å². The summed E-state index contributed by atoms with van der Waals surface area (Å²) in [6.45, 7) is 8.71. The summed E-state index contributed by atoms with van der Waals surface area (Å²) in [7, 11) is 2.19. The van der Waals surface area contributed by atoms with E-state index in [1.807, 2.05) is 0 Å². The van der Waals surface area contributed by atoms with Crippen molar-refractivity contribution in [3.8, 4) is 0 Å². The number of fused-ring (bicyclic) bond motifs is 1. The molecule has 0 atom stereocenters. The summed E-state index contributed by atoms with van der Waals surface area (Å²) >= 11 is 1.78. The highest BCUT2D eigenvalue weighted by molar-refractivity contribution is 7.07. The lowest BCUT2D eigenvalue weighted by molar-refractivity contribution is 0.239. The number of hydrogen-bond acceptors (Lipinski definition) is 4. The van der Waals surface area contributed by atoms with E-state index in [1.165, 1.54) is 22.3 Å². The summed E-state index contributed by atoms with van der Waals surface area (Å²) in [5.74, 6) is 0. The highest BCUT2D eigenvalue weighted by Gasteiger charge is 2.20. The van der Waals surface area contributed by atoms with E-state index in [2.05, 4.69) is 64.9 Å². The van der Waals surface area contributed by atoms with Gasteiger partial charge in [0.2, 0.25) is 0 Å². The van der Waals surface area contributed by atoms with Crippen LogP contribution in [-0.4, -0.2) is 34.4 Å². The Bertz CT molecular complexity index is 607. The van der Waals surface area contributed by atoms with E-state index >= 15 is 0 Å². The number of aromatic nitrogens is 1. The Morgan fingerprint density at radius 3 is 2.95 bits per heavy atom. The van der Waals surface area contributed by atoms with Crippen LogP contribution in [0.4, 0.5) is 0 Å². The van der Waals surface area contributed by atoms with Crippen LogP contribution in [0.5, 0.6) is 0 Å². The second kappa shape index (κ2) is 6.90. The van der Waals surface area contributed by atoms with Gasteiger partial charge in [0.05, 0.1) is 0 Å². The van der Waals surface area contributed by atoms with Gasteiger partial charge in [0.25, 0.3) is 0 Å². The van der Waals surface area contributed by atoms with Crippen molar-refractivity contribution in [3.63, 3.8) is 0 Å². The number of pyridine rings is 1. The molecule has 0 fully saturated rings. The Kier molecular flexibility index (Phi) is 4.91. The van der Waals surface area contributed by atoms with Crippen LogP contribution in [0, 0.1) is 0 Å². The summed E-state index contributed by atoms with van der Waals surface area (Å²) < 4.78 is 0. The molecule has 0 unspecified atom stereocenters. The van der Waals surface area contributed by atoms with Gasteiger partial charge in [0.15, 0.2) is 0 Å². The number of rotatable bonds is 5. The first-order chi connectivity index (χ1) is 10.6. The average Bonchev–Trinajstić information content (AvgIpc) is 3.00. The van der Waals surface area contributed by atoms with Crippen LogP contribution in [0.2, 0.25) is 0 Å². The van der Waals surface area contributed by atoms with Crippen molar-refractivity contribution in [1.29, 1.82) is 0 Å². The fourth-order valence-corrected chi connectivity index (χ4v) is 3.65. The summed E-state index contributed by atoms with van der Waals surface area (Å²) in [4.78, 5) is 9.40. The quantitative estimate of drug-likeness (QED) is 0.841.